The minimum atomic E-state index is -0.907. The van der Waals surface area contributed by atoms with E-state index in [0.717, 1.165) is 10.0 Å². The predicted octanol–water partition coefficient (Wildman–Crippen LogP) is 6.93. The van der Waals surface area contributed by atoms with Gasteiger partial charge in [0.1, 0.15) is 5.76 Å². The molecule has 1 atom stereocenters. The van der Waals surface area contributed by atoms with Crippen LogP contribution in [0.4, 0.5) is 5.13 Å². The molecule has 4 aromatic rings. The molecule has 1 N–H and O–H groups in total. The zero-order valence-electron chi connectivity index (χ0n) is 18.6. The monoisotopic (exact) mass is 601 g/mol. The number of carbonyl (C=O) groups is 2. The number of Topliss-reactive ketones (excluding diaryl/α,β-unsaturated/α-hetero) is 1. The smallest absolute Gasteiger partial charge is 0.296 e. The second kappa shape index (κ2) is 10.2. The molecule has 1 amide bonds. The zero-order chi connectivity index (χ0) is 25.4. The molecule has 2 aromatic carbocycles. The third-order valence-corrected chi connectivity index (χ3v) is 8.33. The number of hydrogen-bond donors (Lipinski definition) is 1. The quantitative estimate of drug-likeness (QED) is 0.139. The summed E-state index contributed by atoms with van der Waals surface area (Å²) in [7, 11) is 0. The highest BCUT2D eigenvalue weighted by Crippen LogP contribution is 2.44. The predicted molar refractivity (Wildman–Crippen MR) is 143 cm³/mol. The van der Waals surface area contributed by atoms with Crippen molar-refractivity contribution in [2.45, 2.75) is 23.1 Å². The van der Waals surface area contributed by atoms with Gasteiger partial charge < -0.3 is 9.52 Å². The van der Waals surface area contributed by atoms with E-state index in [1.54, 1.807) is 31.2 Å². The van der Waals surface area contributed by atoms with E-state index in [1.165, 1.54) is 34.1 Å². The molecule has 0 fully saturated rings. The summed E-state index contributed by atoms with van der Waals surface area (Å²) in [4.78, 5) is 28.0. The van der Waals surface area contributed by atoms with E-state index in [1.807, 2.05) is 30.3 Å². The third-order valence-electron chi connectivity index (χ3n) is 5.46. The van der Waals surface area contributed by atoms with E-state index in [9.17, 15) is 14.7 Å². The maximum atomic E-state index is 13.4. The highest BCUT2D eigenvalue weighted by atomic mass is 79.9. The number of aliphatic hydroxyl groups is 1. The Bertz CT molecular complexity index is 1500. The van der Waals surface area contributed by atoms with Gasteiger partial charge in [-0.1, -0.05) is 74.9 Å². The molecule has 7 nitrogen and oxygen atoms in total. The van der Waals surface area contributed by atoms with Crippen LogP contribution in [0.5, 0.6) is 0 Å². The van der Waals surface area contributed by atoms with E-state index in [-0.39, 0.29) is 16.5 Å². The van der Waals surface area contributed by atoms with Crippen molar-refractivity contribution in [1.29, 1.82) is 0 Å². The number of hydrogen-bond acceptors (Lipinski definition) is 8. The molecule has 11 heteroatoms. The van der Waals surface area contributed by atoms with Gasteiger partial charge >= 0.3 is 0 Å². The Morgan fingerprint density at radius 1 is 1.19 bits per heavy atom. The largest absolute Gasteiger partial charge is 0.503 e. The molecule has 0 bridgehead atoms. The Balaban J connectivity index is 1.49. The zero-order valence-corrected chi connectivity index (χ0v) is 22.6. The van der Waals surface area contributed by atoms with Crippen molar-refractivity contribution < 1.29 is 19.1 Å². The van der Waals surface area contributed by atoms with Crippen molar-refractivity contribution in [2.75, 3.05) is 4.90 Å². The second-order valence-corrected chi connectivity index (χ2v) is 11.4. The molecule has 5 rings (SSSR count). The van der Waals surface area contributed by atoms with Crippen LogP contribution < -0.4 is 4.90 Å². The molecule has 36 heavy (non-hydrogen) atoms. The maximum Gasteiger partial charge on any atom is 0.296 e. The van der Waals surface area contributed by atoms with Gasteiger partial charge in [0.25, 0.3) is 5.91 Å². The van der Waals surface area contributed by atoms with Crippen molar-refractivity contribution in [3.05, 3.63) is 104 Å². The number of ketones is 1. The van der Waals surface area contributed by atoms with Crippen LogP contribution in [0.15, 0.2) is 85.2 Å². The van der Waals surface area contributed by atoms with E-state index in [4.69, 9.17) is 16.0 Å². The van der Waals surface area contributed by atoms with E-state index < -0.39 is 23.5 Å². The van der Waals surface area contributed by atoms with Crippen LogP contribution in [0.25, 0.3) is 0 Å². The molecule has 1 aliphatic rings. The highest BCUT2D eigenvalue weighted by Gasteiger charge is 2.46. The van der Waals surface area contributed by atoms with Gasteiger partial charge in [0.15, 0.2) is 15.9 Å². The minimum Gasteiger partial charge on any atom is -0.503 e. The molecule has 2 aromatic heterocycles. The van der Waals surface area contributed by atoms with E-state index >= 15 is 0 Å². The van der Waals surface area contributed by atoms with Crippen LogP contribution in [0, 0.1) is 6.92 Å². The lowest BCUT2D eigenvalue weighted by Crippen LogP contribution is -2.31. The van der Waals surface area contributed by atoms with E-state index in [2.05, 4.69) is 26.1 Å². The number of halogens is 2. The van der Waals surface area contributed by atoms with Crippen LogP contribution in [0.3, 0.4) is 0 Å². The van der Waals surface area contributed by atoms with Crippen molar-refractivity contribution >= 4 is 67.5 Å². The summed E-state index contributed by atoms with van der Waals surface area (Å²) in [5.41, 5.74) is 1.61. The first-order chi connectivity index (χ1) is 17.3. The van der Waals surface area contributed by atoms with Crippen molar-refractivity contribution in [3.63, 3.8) is 0 Å². The topological polar surface area (TPSA) is 96.5 Å². The number of carbonyl (C=O) groups excluding carboxylic acids is 2. The van der Waals surface area contributed by atoms with Crippen molar-refractivity contribution in [1.82, 2.24) is 10.2 Å². The molecule has 0 saturated carbocycles. The van der Waals surface area contributed by atoms with Gasteiger partial charge in [-0.3, -0.25) is 14.5 Å². The molecular formula is C25H17BrClN3O4S2. The Kier molecular flexibility index (Phi) is 7.03. The first kappa shape index (κ1) is 24.8. The Morgan fingerprint density at radius 2 is 1.97 bits per heavy atom. The van der Waals surface area contributed by atoms with Crippen molar-refractivity contribution in [2.24, 2.45) is 0 Å². The number of aryl methyl sites for hydroxylation is 1. The first-order valence-electron chi connectivity index (χ1n) is 10.7. The van der Waals surface area contributed by atoms with Gasteiger partial charge in [-0.25, -0.2) is 0 Å². The fourth-order valence-electron chi connectivity index (χ4n) is 3.80. The number of anilines is 1. The number of aliphatic hydroxyl groups excluding tert-OH is 1. The number of furan rings is 1. The van der Waals surface area contributed by atoms with Gasteiger partial charge in [-0.05, 0) is 54.4 Å². The molecule has 3 heterocycles. The fourth-order valence-corrected chi connectivity index (χ4v) is 6.17. The second-order valence-electron chi connectivity index (χ2n) is 7.90. The SMILES string of the molecule is Cc1ccc(C(=O)C2=C(O)C(=O)N(c3nnc(SCc4ccc(Cl)cc4)s3)C2c2cccc(Br)c2)o1. The summed E-state index contributed by atoms with van der Waals surface area (Å²) in [6, 6.07) is 17.0. The Morgan fingerprint density at radius 3 is 2.67 bits per heavy atom. The van der Waals surface area contributed by atoms with Gasteiger partial charge in [-0.15, -0.1) is 10.2 Å². The van der Waals surface area contributed by atoms with Gasteiger partial charge in [0, 0.05) is 15.2 Å². The lowest BCUT2D eigenvalue weighted by molar-refractivity contribution is -0.117. The number of aromatic nitrogens is 2. The van der Waals surface area contributed by atoms with Crippen LogP contribution in [-0.2, 0) is 10.5 Å². The summed E-state index contributed by atoms with van der Waals surface area (Å²) < 4.78 is 6.91. The standard InChI is InChI=1S/C25H17BrClN3O4S2/c1-13-5-10-18(34-13)21(31)19-20(15-3-2-4-16(26)11-15)30(23(33)22(19)32)24-28-29-25(36-24)35-12-14-6-8-17(27)9-7-14/h2-11,20,32H,12H2,1H3. The fraction of sp³-hybridized carbons (Fsp3) is 0.120. The lowest BCUT2D eigenvalue weighted by atomic mass is 9.95. The summed E-state index contributed by atoms with van der Waals surface area (Å²) >= 11 is 12.1. The molecule has 0 saturated heterocycles. The molecular weight excluding hydrogens is 586 g/mol. The first-order valence-corrected chi connectivity index (χ1v) is 13.6. The van der Waals surface area contributed by atoms with Crippen molar-refractivity contribution in [3.8, 4) is 0 Å². The molecule has 1 aliphatic heterocycles. The normalized spacial score (nSPS) is 15.7. The highest BCUT2D eigenvalue weighted by molar-refractivity contribution is 9.10. The maximum absolute atomic E-state index is 13.4. The molecule has 0 spiro atoms. The van der Waals surface area contributed by atoms with Gasteiger partial charge in [0.05, 0.1) is 11.6 Å². The van der Waals surface area contributed by atoms with Crippen LogP contribution >= 0.6 is 50.6 Å². The average molecular weight is 603 g/mol. The summed E-state index contributed by atoms with van der Waals surface area (Å²) in [6.07, 6.45) is 0. The van der Waals surface area contributed by atoms with Gasteiger partial charge in [0.2, 0.25) is 10.9 Å². The van der Waals surface area contributed by atoms with E-state index in [0.29, 0.717) is 26.4 Å². The Hall–Kier alpha value is -2.92. The summed E-state index contributed by atoms with van der Waals surface area (Å²) in [5, 5.41) is 20.3. The van der Waals surface area contributed by atoms with Crippen LogP contribution in [0.1, 0.15) is 33.5 Å². The molecule has 0 aliphatic carbocycles. The number of benzene rings is 2. The van der Waals surface area contributed by atoms with Crippen LogP contribution in [-0.4, -0.2) is 27.0 Å². The minimum absolute atomic E-state index is 0.0418. The average Bonchev–Trinajstić information content (AvgIpc) is 3.57. The Labute approximate surface area is 227 Å². The number of thioether (sulfide) groups is 1. The molecule has 0 radical (unpaired) electrons. The van der Waals surface area contributed by atoms with Crippen LogP contribution in [0.2, 0.25) is 5.02 Å². The van der Waals surface area contributed by atoms with Gasteiger partial charge in [-0.2, -0.15) is 0 Å². The summed E-state index contributed by atoms with van der Waals surface area (Å²) in [5.74, 6) is -0.699. The molecule has 1 unspecified atom stereocenters. The lowest BCUT2D eigenvalue weighted by Gasteiger charge is -2.24. The molecule has 182 valence electrons. The number of nitrogens with zero attached hydrogens (tertiary/aromatic N) is 3. The number of amides is 1. The third kappa shape index (κ3) is 4.86. The number of rotatable bonds is 7. The summed E-state index contributed by atoms with van der Waals surface area (Å²) in [6.45, 7) is 1.72.